The van der Waals surface area contributed by atoms with Crippen LogP contribution >= 0.6 is 11.3 Å². The molecular formula is C13H18N2S. The van der Waals surface area contributed by atoms with Crippen LogP contribution in [0.5, 0.6) is 0 Å². The molecule has 2 nitrogen and oxygen atoms in total. The van der Waals surface area contributed by atoms with Crippen molar-refractivity contribution in [3.8, 4) is 0 Å². The summed E-state index contributed by atoms with van der Waals surface area (Å²) in [6.45, 7) is 5.51. The number of hydrogen-bond donors (Lipinski definition) is 1. The summed E-state index contributed by atoms with van der Waals surface area (Å²) in [5, 5.41) is 4.73. The van der Waals surface area contributed by atoms with Crippen molar-refractivity contribution in [2.75, 3.05) is 6.54 Å². The number of nitrogens with zero attached hydrogens (tertiary/aromatic N) is 1. The Morgan fingerprint density at radius 3 is 2.94 bits per heavy atom. The Kier molecular flexibility index (Phi) is 3.91. The van der Waals surface area contributed by atoms with Crippen LogP contribution in [0, 0.1) is 0 Å². The molecule has 1 atom stereocenters. The summed E-state index contributed by atoms with van der Waals surface area (Å²) in [6.07, 6.45) is 2.21. The summed E-state index contributed by atoms with van der Waals surface area (Å²) in [4.78, 5) is 4.64. The lowest BCUT2D eigenvalue weighted by molar-refractivity contribution is 0.543. The van der Waals surface area contributed by atoms with E-state index in [9.17, 15) is 0 Å². The largest absolute Gasteiger partial charge is 0.314 e. The van der Waals surface area contributed by atoms with Gasteiger partial charge in [-0.15, -0.1) is 11.3 Å². The third-order valence-corrected chi connectivity index (χ3v) is 3.62. The zero-order valence-electron chi connectivity index (χ0n) is 9.86. The summed E-state index contributed by atoms with van der Waals surface area (Å²) < 4.78 is 1.29. The number of thiazole rings is 1. The first-order valence-electron chi connectivity index (χ1n) is 5.87. The quantitative estimate of drug-likeness (QED) is 0.859. The zero-order chi connectivity index (χ0) is 11.4. The molecule has 0 saturated carbocycles. The van der Waals surface area contributed by atoms with E-state index in [0.29, 0.717) is 6.04 Å². The van der Waals surface area contributed by atoms with Crippen LogP contribution in [0.15, 0.2) is 24.3 Å². The number of aromatic nitrogens is 1. The van der Waals surface area contributed by atoms with E-state index in [4.69, 9.17) is 0 Å². The molecule has 0 fully saturated rings. The van der Waals surface area contributed by atoms with Gasteiger partial charge in [-0.25, -0.2) is 4.98 Å². The number of hydrogen-bond acceptors (Lipinski definition) is 3. The van der Waals surface area contributed by atoms with Crippen molar-refractivity contribution in [2.24, 2.45) is 0 Å². The standard InChI is InChI=1S/C13H18N2S/c1-3-8-14-10(2)9-13-15-11-6-4-5-7-12(11)16-13/h4-7,10,14H,3,8-9H2,1-2H3. The third kappa shape index (κ3) is 2.80. The van der Waals surface area contributed by atoms with Crippen molar-refractivity contribution >= 4 is 21.6 Å². The Hall–Kier alpha value is -0.930. The van der Waals surface area contributed by atoms with Crippen LogP contribution in [0.3, 0.4) is 0 Å². The molecule has 1 aromatic carbocycles. The highest BCUT2D eigenvalue weighted by Gasteiger charge is 2.07. The molecule has 0 aliphatic carbocycles. The van der Waals surface area contributed by atoms with Crippen molar-refractivity contribution in [1.82, 2.24) is 10.3 Å². The van der Waals surface area contributed by atoms with Gasteiger partial charge in [-0.2, -0.15) is 0 Å². The fourth-order valence-electron chi connectivity index (χ4n) is 1.73. The molecule has 0 aliphatic rings. The molecule has 2 aromatic rings. The first-order chi connectivity index (χ1) is 7.79. The van der Waals surface area contributed by atoms with Gasteiger partial charge in [0, 0.05) is 12.5 Å². The molecule has 3 heteroatoms. The first kappa shape index (κ1) is 11.6. The van der Waals surface area contributed by atoms with Crippen LogP contribution < -0.4 is 5.32 Å². The van der Waals surface area contributed by atoms with E-state index in [1.54, 1.807) is 0 Å². The highest BCUT2D eigenvalue weighted by molar-refractivity contribution is 7.18. The number of rotatable bonds is 5. The van der Waals surface area contributed by atoms with Crippen LogP contribution in [0.1, 0.15) is 25.3 Å². The highest BCUT2D eigenvalue weighted by atomic mass is 32.1. The molecule has 1 unspecified atom stereocenters. The Bertz CT molecular complexity index is 417. The smallest absolute Gasteiger partial charge is 0.0954 e. The summed E-state index contributed by atoms with van der Waals surface area (Å²) in [7, 11) is 0. The second kappa shape index (κ2) is 5.41. The van der Waals surface area contributed by atoms with E-state index in [1.165, 1.54) is 16.1 Å². The molecule has 1 aromatic heterocycles. The van der Waals surface area contributed by atoms with Crippen molar-refractivity contribution in [3.63, 3.8) is 0 Å². The lowest BCUT2D eigenvalue weighted by atomic mass is 10.2. The predicted molar refractivity (Wildman–Crippen MR) is 71.1 cm³/mol. The third-order valence-electron chi connectivity index (χ3n) is 2.56. The molecule has 0 aliphatic heterocycles. The van der Waals surface area contributed by atoms with E-state index in [2.05, 4.69) is 42.3 Å². The maximum atomic E-state index is 4.64. The zero-order valence-corrected chi connectivity index (χ0v) is 10.7. The molecule has 0 bridgehead atoms. The Labute approximate surface area is 101 Å². The van der Waals surface area contributed by atoms with Gasteiger partial charge in [0.15, 0.2) is 0 Å². The summed E-state index contributed by atoms with van der Waals surface area (Å²) >= 11 is 1.81. The average molecular weight is 234 g/mol. The lowest BCUT2D eigenvalue weighted by Crippen LogP contribution is -2.28. The van der Waals surface area contributed by atoms with Gasteiger partial charge in [0.05, 0.1) is 15.2 Å². The van der Waals surface area contributed by atoms with Gasteiger partial charge >= 0.3 is 0 Å². The van der Waals surface area contributed by atoms with Crippen LogP contribution in [-0.2, 0) is 6.42 Å². The summed E-state index contributed by atoms with van der Waals surface area (Å²) in [5.41, 5.74) is 1.13. The van der Waals surface area contributed by atoms with E-state index >= 15 is 0 Å². The Morgan fingerprint density at radius 2 is 2.19 bits per heavy atom. The first-order valence-corrected chi connectivity index (χ1v) is 6.69. The summed E-state index contributed by atoms with van der Waals surface area (Å²) in [6, 6.07) is 8.86. The number of para-hydroxylation sites is 1. The van der Waals surface area contributed by atoms with Gasteiger partial charge in [-0.3, -0.25) is 0 Å². The van der Waals surface area contributed by atoms with Gasteiger partial charge in [-0.05, 0) is 32.0 Å². The molecule has 1 N–H and O–H groups in total. The molecule has 86 valence electrons. The van der Waals surface area contributed by atoms with Crippen LogP contribution in [0.4, 0.5) is 0 Å². The van der Waals surface area contributed by atoms with E-state index < -0.39 is 0 Å². The summed E-state index contributed by atoms with van der Waals surface area (Å²) in [5.74, 6) is 0. The SMILES string of the molecule is CCCNC(C)Cc1nc2ccccc2s1. The van der Waals surface area contributed by atoms with Gasteiger partial charge in [0.2, 0.25) is 0 Å². The predicted octanol–water partition coefficient (Wildman–Crippen LogP) is 3.23. The topological polar surface area (TPSA) is 24.9 Å². The van der Waals surface area contributed by atoms with E-state index in [1.807, 2.05) is 17.4 Å². The molecule has 2 rings (SSSR count). The molecule has 16 heavy (non-hydrogen) atoms. The van der Waals surface area contributed by atoms with Crippen molar-refractivity contribution in [1.29, 1.82) is 0 Å². The Morgan fingerprint density at radius 1 is 1.38 bits per heavy atom. The minimum absolute atomic E-state index is 0.514. The van der Waals surface area contributed by atoms with Gasteiger partial charge in [0.25, 0.3) is 0 Å². The van der Waals surface area contributed by atoms with Crippen molar-refractivity contribution in [2.45, 2.75) is 32.7 Å². The molecule has 1 heterocycles. The van der Waals surface area contributed by atoms with E-state index in [0.717, 1.165) is 18.5 Å². The lowest BCUT2D eigenvalue weighted by Gasteiger charge is -2.10. The van der Waals surface area contributed by atoms with Crippen molar-refractivity contribution < 1.29 is 0 Å². The Balaban J connectivity index is 2.03. The van der Waals surface area contributed by atoms with Crippen LogP contribution in [-0.4, -0.2) is 17.6 Å². The second-order valence-electron chi connectivity index (χ2n) is 4.13. The minimum atomic E-state index is 0.514. The van der Waals surface area contributed by atoms with Gasteiger partial charge in [0.1, 0.15) is 0 Å². The number of benzene rings is 1. The van der Waals surface area contributed by atoms with Crippen LogP contribution in [0.25, 0.3) is 10.2 Å². The highest BCUT2D eigenvalue weighted by Crippen LogP contribution is 2.22. The maximum Gasteiger partial charge on any atom is 0.0954 e. The average Bonchev–Trinajstić information content (AvgIpc) is 2.68. The number of fused-ring (bicyclic) bond motifs is 1. The van der Waals surface area contributed by atoms with Gasteiger partial charge in [-0.1, -0.05) is 19.1 Å². The van der Waals surface area contributed by atoms with E-state index in [-0.39, 0.29) is 0 Å². The monoisotopic (exact) mass is 234 g/mol. The molecule has 0 amide bonds. The molecule has 0 spiro atoms. The second-order valence-corrected chi connectivity index (χ2v) is 5.25. The molecule has 0 radical (unpaired) electrons. The maximum absolute atomic E-state index is 4.64. The molecule has 0 saturated heterocycles. The molecular weight excluding hydrogens is 216 g/mol. The van der Waals surface area contributed by atoms with Crippen LogP contribution in [0.2, 0.25) is 0 Å². The normalized spacial score (nSPS) is 13.1. The fraction of sp³-hybridized carbons (Fsp3) is 0.462. The fourth-order valence-corrected chi connectivity index (χ4v) is 2.83. The van der Waals surface area contributed by atoms with Crippen molar-refractivity contribution in [3.05, 3.63) is 29.3 Å². The minimum Gasteiger partial charge on any atom is -0.314 e. The van der Waals surface area contributed by atoms with Gasteiger partial charge < -0.3 is 5.32 Å². The number of nitrogens with one attached hydrogen (secondary N) is 1.